The molecule has 0 aliphatic carbocycles. The average Bonchev–Trinajstić information content (AvgIpc) is 2.84. The molecule has 1 aliphatic heterocycles. The summed E-state index contributed by atoms with van der Waals surface area (Å²) >= 11 is 0. The third-order valence-corrected chi connectivity index (χ3v) is 3.21. The minimum atomic E-state index is 0.0786. The first-order chi connectivity index (χ1) is 8.63. The van der Waals surface area contributed by atoms with Crippen LogP contribution in [0, 0.1) is 6.92 Å². The number of aromatic nitrogens is 2. The number of rotatable bonds is 2. The highest BCUT2D eigenvalue weighted by Crippen LogP contribution is 2.36. The summed E-state index contributed by atoms with van der Waals surface area (Å²) in [4.78, 5) is 0. The Labute approximate surface area is 105 Å². The average molecular weight is 245 g/mol. The molecule has 1 atom stereocenters. The monoisotopic (exact) mass is 245 g/mol. The molecule has 18 heavy (non-hydrogen) atoms. The summed E-state index contributed by atoms with van der Waals surface area (Å²) in [6.07, 6.45) is 0. The van der Waals surface area contributed by atoms with Crippen LogP contribution in [-0.4, -0.2) is 21.5 Å². The normalized spacial score (nSPS) is 17.3. The molecule has 0 saturated heterocycles. The first-order valence-electron chi connectivity index (χ1n) is 5.86. The molecule has 5 heteroatoms. The van der Waals surface area contributed by atoms with Gasteiger partial charge in [-0.3, -0.25) is 4.68 Å². The number of hydrogen-bond acceptors (Lipinski definition) is 4. The van der Waals surface area contributed by atoms with E-state index in [9.17, 15) is 5.11 Å². The van der Waals surface area contributed by atoms with Crippen molar-refractivity contribution in [1.82, 2.24) is 9.78 Å². The summed E-state index contributed by atoms with van der Waals surface area (Å²) in [6.45, 7) is 2.56. The molecule has 1 aromatic heterocycles. The molecule has 1 unspecified atom stereocenters. The molecule has 0 radical (unpaired) electrons. The van der Waals surface area contributed by atoms with Crippen LogP contribution in [0.5, 0.6) is 11.5 Å². The second kappa shape index (κ2) is 3.94. The predicted octanol–water partition coefficient (Wildman–Crippen LogP) is 1.98. The Morgan fingerprint density at radius 2 is 2.28 bits per heavy atom. The van der Waals surface area contributed by atoms with Gasteiger partial charge in [0.1, 0.15) is 23.9 Å². The second-order valence-corrected chi connectivity index (χ2v) is 4.52. The Hall–Kier alpha value is -2.17. The highest BCUT2D eigenvalue weighted by molar-refractivity contribution is 5.49. The SMILES string of the molecule is Cc1cc(NC2COc3cc(O)ccc32)nn1C. The largest absolute Gasteiger partial charge is 0.508 e. The molecule has 2 aromatic rings. The van der Waals surface area contributed by atoms with Gasteiger partial charge >= 0.3 is 0 Å². The molecule has 0 saturated carbocycles. The van der Waals surface area contributed by atoms with Crippen molar-refractivity contribution in [3.05, 3.63) is 35.5 Å². The lowest BCUT2D eigenvalue weighted by Gasteiger charge is -2.10. The van der Waals surface area contributed by atoms with E-state index in [2.05, 4.69) is 10.4 Å². The van der Waals surface area contributed by atoms with E-state index < -0.39 is 0 Å². The molecule has 2 heterocycles. The van der Waals surface area contributed by atoms with E-state index in [4.69, 9.17) is 4.74 Å². The van der Waals surface area contributed by atoms with E-state index in [1.54, 1.807) is 12.1 Å². The summed E-state index contributed by atoms with van der Waals surface area (Å²) in [6, 6.07) is 7.27. The number of phenolic OH excluding ortho intramolecular Hbond substituents is 1. The molecule has 5 nitrogen and oxygen atoms in total. The van der Waals surface area contributed by atoms with Gasteiger partial charge in [-0.2, -0.15) is 5.10 Å². The van der Waals surface area contributed by atoms with Gasteiger partial charge in [0.15, 0.2) is 0 Å². The van der Waals surface area contributed by atoms with Gasteiger partial charge in [-0.05, 0) is 19.1 Å². The van der Waals surface area contributed by atoms with Crippen molar-refractivity contribution in [2.75, 3.05) is 11.9 Å². The van der Waals surface area contributed by atoms with E-state index in [0.29, 0.717) is 6.61 Å². The Kier molecular flexibility index (Phi) is 2.40. The molecule has 0 spiro atoms. The third kappa shape index (κ3) is 1.77. The fourth-order valence-electron chi connectivity index (χ4n) is 2.13. The van der Waals surface area contributed by atoms with Crippen molar-refractivity contribution in [1.29, 1.82) is 0 Å². The van der Waals surface area contributed by atoms with Gasteiger partial charge in [0, 0.05) is 30.4 Å². The van der Waals surface area contributed by atoms with Gasteiger partial charge in [-0.15, -0.1) is 0 Å². The van der Waals surface area contributed by atoms with Gasteiger partial charge in [-0.1, -0.05) is 0 Å². The van der Waals surface area contributed by atoms with Crippen molar-refractivity contribution in [3.8, 4) is 11.5 Å². The zero-order valence-corrected chi connectivity index (χ0v) is 10.3. The Morgan fingerprint density at radius 3 is 3.00 bits per heavy atom. The van der Waals surface area contributed by atoms with Crippen LogP contribution >= 0.6 is 0 Å². The van der Waals surface area contributed by atoms with E-state index in [1.807, 2.05) is 30.8 Å². The van der Waals surface area contributed by atoms with E-state index in [0.717, 1.165) is 22.8 Å². The lowest BCUT2D eigenvalue weighted by Crippen LogP contribution is -2.12. The van der Waals surface area contributed by atoms with E-state index >= 15 is 0 Å². The molecule has 1 aromatic carbocycles. The van der Waals surface area contributed by atoms with Crippen LogP contribution in [0.3, 0.4) is 0 Å². The maximum absolute atomic E-state index is 9.40. The minimum Gasteiger partial charge on any atom is -0.508 e. The standard InChI is InChI=1S/C13H15N3O2/c1-8-5-13(15-16(8)2)14-11-7-18-12-6-9(17)3-4-10(11)12/h3-6,11,17H,7H2,1-2H3,(H,14,15). The zero-order valence-electron chi connectivity index (χ0n) is 10.3. The lowest BCUT2D eigenvalue weighted by atomic mass is 10.1. The summed E-state index contributed by atoms with van der Waals surface area (Å²) < 4.78 is 7.37. The Morgan fingerprint density at radius 1 is 1.44 bits per heavy atom. The Bertz CT molecular complexity index is 572. The lowest BCUT2D eigenvalue weighted by molar-refractivity contribution is 0.338. The zero-order chi connectivity index (χ0) is 12.7. The van der Waals surface area contributed by atoms with Gasteiger partial charge in [0.05, 0.1) is 6.04 Å². The third-order valence-electron chi connectivity index (χ3n) is 3.21. The first kappa shape index (κ1) is 11.0. The summed E-state index contributed by atoms with van der Waals surface area (Å²) in [5.41, 5.74) is 2.15. The van der Waals surface area contributed by atoms with Gasteiger partial charge in [0.2, 0.25) is 0 Å². The van der Waals surface area contributed by atoms with Gasteiger partial charge < -0.3 is 15.2 Å². The molecule has 2 N–H and O–H groups in total. The number of nitrogens with one attached hydrogen (secondary N) is 1. The fourth-order valence-corrected chi connectivity index (χ4v) is 2.13. The fraction of sp³-hybridized carbons (Fsp3) is 0.308. The molecule has 94 valence electrons. The minimum absolute atomic E-state index is 0.0786. The van der Waals surface area contributed by atoms with Crippen LogP contribution in [0.25, 0.3) is 0 Å². The topological polar surface area (TPSA) is 59.3 Å². The molecule has 0 fully saturated rings. The van der Waals surface area contributed by atoms with Gasteiger partial charge in [0.25, 0.3) is 0 Å². The second-order valence-electron chi connectivity index (χ2n) is 4.52. The summed E-state index contributed by atoms with van der Waals surface area (Å²) in [5.74, 6) is 1.80. The number of aryl methyl sites for hydroxylation is 2. The molecule has 0 amide bonds. The number of aromatic hydroxyl groups is 1. The van der Waals surface area contributed by atoms with Crippen LogP contribution in [-0.2, 0) is 7.05 Å². The molecule has 1 aliphatic rings. The highest BCUT2D eigenvalue weighted by Gasteiger charge is 2.24. The summed E-state index contributed by atoms with van der Waals surface area (Å²) in [5, 5.41) is 17.1. The van der Waals surface area contributed by atoms with Crippen LogP contribution < -0.4 is 10.1 Å². The van der Waals surface area contributed by atoms with Gasteiger partial charge in [-0.25, -0.2) is 0 Å². The number of anilines is 1. The number of phenols is 1. The maximum Gasteiger partial charge on any atom is 0.148 e. The van der Waals surface area contributed by atoms with E-state index in [1.165, 1.54) is 0 Å². The van der Waals surface area contributed by atoms with Crippen molar-refractivity contribution in [2.45, 2.75) is 13.0 Å². The molecular formula is C13H15N3O2. The van der Waals surface area contributed by atoms with Crippen molar-refractivity contribution >= 4 is 5.82 Å². The predicted molar refractivity (Wildman–Crippen MR) is 67.9 cm³/mol. The van der Waals surface area contributed by atoms with Crippen molar-refractivity contribution in [3.63, 3.8) is 0 Å². The quantitative estimate of drug-likeness (QED) is 0.849. The van der Waals surface area contributed by atoms with Crippen LogP contribution in [0.4, 0.5) is 5.82 Å². The highest BCUT2D eigenvalue weighted by atomic mass is 16.5. The van der Waals surface area contributed by atoms with Crippen LogP contribution in [0.15, 0.2) is 24.3 Å². The molecule has 0 bridgehead atoms. The van der Waals surface area contributed by atoms with Crippen LogP contribution in [0.1, 0.15) is 17.3 Å². The first-order valence-corrected chi connectivity index (χ1v) is 5.86. The number of benzene rings is 1. The molecular weight excluding hydrogens is 230 g/mol. The summed E-state index contributed by atoms with van der Waals surface area (Å²) in [7, 11) is 1.91. The number of hydrogen-bond donors (Lipinski definition) is 2. The Balaban J connectivity index is 1.84. The van der Waals surface area contributed by atoms with Crippen molar-refractivity contribution < 1.29 is 9.84 Å². The number of ether oxygens (including phenoxy) is 1. The van der Waals surface area contributed by atoms with E-state index in [-0.39, 0.29) is 11.8 Å². The van der Waals surface area contributed by atoms with Crippen molar-refractivity contribution in [2.24, 2.45) is 7.05 Å². The smallest absolute Gasteiger partial charge is 0.148 e. The van der Waals surface area contributed by atoms with Crippen LogP contribution in [0.2, 0.25) is 0 Å². The maximum atomic E-state index is 9.40. The number of fused-ring (bicyclic) bond motifs is 1. The number of nitrogens with zero attached hydrogens (tertiary/aromatic N) is 2. The molecule has 3 rings (SSSR count).